The van der Waals surface area contributed by atoms with Crippen LogP contribution in [0, 0.1) is 17.0 Å². The van der Waals surface area contributed by atoms with E-state index in [0.717, 1.165) is 5.56 Å². The van der Waals surface area contributed by atoms with E-state index in [9.17, 15) is 19.7 Å². The van der Waals surface area contributed by atoms with E-state index in [1.54, 1.807) is 44.2 Å². The molecule has 0 bridgehead atoms. The Morgan fingerprint density at radius 1 is 1.16 bits per heavy atom. The maximum Gasteiger partial charge on any atom is 0.338 e. The van der Waals surface area contributed by atoms with Crippen LogP contribution in [0.1, 0.15) is 29.9 Å². The first-order chi connectivity index (χ1) is 17.8. The van der Waals surface area contributed by atoms with Gasteiger partial charge in [0.05, 0.1) is 33.9 Å². The number of carbonyl (C=O) groups is 1. The van der Waals surface area contributed by atoms with Gasteiger partial charge in [0.2, 0.25) is 0 Å². The number of hydrogen-bond acceptors (Lipinski definition) is 8. The smallest absolute Gasteiger partial charge is 0.338 e. The van der Waals surface area contributed by atoms with Gasteiger partial charge in [-0.05, 0) is 31.5 Å². The first-order valence-electron chi connectivity index (χ1n) is 11.3. The number of ether oxygens (including phenoxy) is 1. The summed E-state index contributed by atoms with van der Waals surface area (Å²) in [6, 6.07) is 16.8. The first-order valence-corrected chi connectivity index (χ1v) is 12.1. The Balaban J connectivity index is 1.61. The van der Waals surface area contributed by atoms with Gasteiger partial charge in [-0.15, -0.1) is 0 Å². The van der Waals surface area contributed by atoms with Crippen LogP contribution in [0.2, 0.25) is 0 Å². The molecule has 5 rings (SSSR count). The summed E-state index contributed by atoms with van der Waals surface area (Å²) >= 11 is 1.19. The predicted molar refractivity (Wildman–Crippen MR) is 138 cm³/mol. The van der Waals surface area contributed by atoms with Crippen LogP contribution in [0.4, 0.5) is 5.69 Å². The number of aryl methyl sites for hydroxylation is 1. The molecule has 0 spiro atoms. The molecule has 0 N–H and O–H groups in total. The molecule has 3 heterocycles. The molecule has 0 saturated carbocycles. The molecule has 1 aliphatic heterocycles. The van der Waals surface area contributed by atoms with Crippen molar-refractivity contribution in [3.8, 4) is 11.3 Å². The van der Waals surface area contributed by atoms with Gasteiger partial charge in [0.15, 0.2) is 4.80 Å². The summed E-state index contributed by atoms with van der Waals surface area (Å²) < 4.78 is 12.8. The second kappa shape index (κ2) is 9.47. The van der Waals surface area contributed by atoms with Gasteiger partial charge in [-0.2, -0.15) is 0 Å². The van der Waals surface area contributed by atoms with E-state index in [1.807, 2.05) is 30.3 Å². The zero-order chi connectivity index (χ0) is 26.3. The third kappa shape index (κ3) is 4.31. The molecule has 10 heteroatoms. The average molecular weight is 516 g/mol. The Bertz CT molecular complexity index is 1760. The SMILES string of the molecule is COC(=O)C1=C(C)N=c2sc(=Cc3ccc(-c4ccc(C)c([N+](=O)[O-])c4)o3)c(=O)n2C1c1ccccc1. The number of fused-ring (bicyclic) bond motifs is 1. The summed E-state index contributed by atoms with van der Waals surface area (Å²) in [7, 11) is 1.30. The lowest BCUT2D eigenvalue weighted by atomic mass is 9.96. The molecule has 0 radical (unpaired) electrons. The molecular formula is C27H21N3O6S. The highest BCUT2D eigenvalue weighted by Crippen LogP contribution is 2.31. The van der Waals surface area contributed by atoms with Crippen molar-refractivity contribution < 1.29 is 18.9 Å². The number of nitrogens with zero attached hydrogens (tertiary/aromatic N) is 3. The molecule has 0 aliphatic carbocycles. The highest BCUT2D eigenvalue weighted by Gasteiger charge is 2.33. The minimum Gasteiger partial charge on any atom is -0.466 e. The predicted octanol–water partition coefficient (Wildman–Crippen LogP) is 3.88. The molecule has 0 fully saturated rings. The van der Waals surface area contributed by atoms with Gasteiger partial charge in [0.1, 0.15) is 11.5 Å². The normalized spacial score (nSPS) is 15.3. The zero-order valence-electron chi connectivity index (χ0n) is 20.1. The van der Waals surface area contributed by atoms with Crippen molar-refractivity contribution in [1.29, 1.82) is 0 Å². The Labute approximate surface area is 214 Å². The topological polar surface area (TPSA) is 117 Å². The largest absolute Gasteiger partial charge is 0.466 e. The monoisotopic (exact) mass is 515 g/mol. The van der Waals surface area contributed by atoms with Crippen LogP contribution in [0.25, 0.3) is 17.4 Å². The lowest BCUT2D eigenvalue weighted by molar-refractivity contribution is -0.385. The van der Waals surface area contributed by atoms with Gasteiger partial charge in [0.25, 0.3) is 11.2 Å². The summed E-state index contributed by atoms with van der Waals surface area (Å²) in [6.45, 7) is 3.39. The van der Waals surface area contributed by atoms with Crippen LogP contribution in [0.5, 0.6) is 0 Å². The third-order valence-electron chi connectivity index (χ3n) is 6.13. The number of hydrogen-bond donors (Lipinski definition) is 0. The fourth-order valence-electron chi connectivity index (χ4n) is 4.32. The van der Waals surface area contributed by atoms with E-state index < -0.39 is 16.9 Å². The van der Waals surface area contributed by atoms with Crippen LogP contribution in [-0.2, 0) is 9.53 Å². The Kier molecular flexibility index (Phi) is 6.18. The second-order valence-corrected chi connectivity index (χ2v) is 9.45. The molecule has 2 aromatic carbocycles. The van der Waals surface area contributed by atoms with Gasteiger partial charge in [-0.3, -0.25) is 19.5 Å². The van der Waals surface area contributed by atoms with Crippen molar-refractivity contribution in [2.45, 2.75) is 19.9 Å². The fraction of sp³-hybridized carbons (Fsp3) is 0.148. The Morgan fingerprint density at radius 3 is 2.62 bits per heavy atom. The zero-order valence-corrected chi connectivity index (χ0v) is 20.9. The summed E-state index contributed by atoms with van der Waals surface area (Å²) in [6.07, 6.45) is 1.61. The molecular weight excluding hydrogens is 494 g/mol. The van der Waals surface area contributed by atoms with Gasteiger partial charge in [0, 0.05) is 23.3 Å². The van der Waals surface area contributed by atoms with Crippen LogP contribution < -0.4 is 14.9 Å². The van der Waals surface area contributed by atoms with Crippen molar-refractivity contribution >= 4 is 29.1 Å². The lowest BCUT2D eigenvalue weighted by Gasteiger charge is -2.24. The summed E-state index contributed by atoms with van der Waals surface area (Å²) in [5, 5.41) is 11.3. The maximum absolute atomic E-state index is 13.6. The van der Waals surface area contributed by atoms with Gasteiger partial charge < -0.3 is 9.15 Å². The van der Waals surface area contributed by atoms with E-state index in [0.29, 0.717) is 43.3 Å². The number of rotatable bonds is 5. The number of allylic oxidation sites excluding steroid dienone is 1. The Morgan fingerprint density at radius 2 is 1.92 bits per heavy atom. The summed E-state index contributed by atoms with van der Waals surface area (Å²) in [5.41, 5.74) is 2.32. The first kappa shape index (κ1) is 24.1. The number of aromatic nitrogens is 1. The van der Waals surface area contributed by atoms with E-state index >= 15 is 0 Å². The fourth-order valence-corrected chi connectivity index (χ4v) is 5.34. The Hall–Kier alpha value is -4.57. The van der Waals surface area contributed by atoms with Crippen LogP contribution in [0.3, 0.4) is 0 Å². The minimum absolute atomic E-state index is 0.00134. The number of furan rings is 1. The molecule has 1 unspecified atom stereocenters. The average Bonchev–Trinajstić information content (AvgIpc) is 3.48. The van der Waals surface area contributed by atoms with Gasteiger partial charge >= 0.3 is 5.97 Å². The van der Waals surface area contributed by atoms with Crippen molar-refractivity contribution in [1.82, 2.24) is 4.57 Å². The van der Waals surface area contributed by atoms with Crippen LogP contribution >= 0.6 is 11.3 Å². The number of carbonyl (C=O) groups excluding carboxylic acids is 1. The van der Waals surface area contributed by atoms with Crippen LogP contribution in [-0.4, -0.2) is 22.6 Å². The molecule has 2 aromatic heterocycles. The summed E-state index contributed by atoms with van der Waals surface area (Å²) in [4.78, 5) is 42.1. The van der Waals surface area contributed by atoms with Gasteiger partial charge in [-0.25, -0.2) is 9.79 Å². The van der Waals surface area contributed by atoms with E-state index in [4.69, 9.17) is 9.15 Å². The standard InChI is InChI=1S/C27H21N3O6S/c1-15-9-10-18(13-20(15)30(33)34)21-12-11-19(36-21)14-22-25(31)29-24(17-7-5-4-6-8-17)23(26(32)35-3)16(2)28-27(29)37-22/h4-14,24H,1-3H3. The molecule has 1 atom stereocenters. The molecule has 4 aromatic rings. The number of benzene rings is 2. The highest BCUT2D eigenvalue weighted by molar-refractivity contribution is 7.07. The lowest BCUT2D eigenvalue weighted by Crippen LogP contribution is -2.39. The number of nitro benzene ring substituents is 1. The van der Waals surface area contributed by atoms with Crippen molar-refractivity contribution in [2.75, 3.05) is 7.11 Å². The summed E-state index contributed by atoms with van der Waals surface area (Å²) in [5.74, 6) is 0.295. The van der Waals surface area contributed by atoms with E-state index in [1.165, 1.54) is 29.1 Å². The molecule has 1 aliphatic rings. The maximum atomic E-state index is 13.6. The molecule has 9 nitrogen and oxygen atoms in total. The number of thiazole rings is 1. The number of methoxy groups -OCH3 is 1. The van der Waals surface area contributed by atoms with Crippen molar-refractivity contribution in [3.63, 3.8) is 0 Å². The van der Waals surface area contributed by atoms with Crippen molar-refractivity contribution in [2.24, 2.45) is 4.99 Å². The number of esters is 1. The van der Waals surface area contributed by atoms with Gasteiger partial charge in [-0.1, -0.05) is 53.8 Å². The third-order valence-corrected chi connectivity index (χ3v) is 7.12. The van der Waals surface area contributed by atoms with Crippen molar-refractivity contribution in [3.05, 3.63) is 119 Å². The quantitative estimate of drug-likeness (QED) is 0.226. The molecule has 186 valence electrons. The second-order valence-electron chi connectivity index (χ2n) is 8.44. The minimum atomic E-state index is -0.688. The molecule has 37 heavy (non-hydrogen) atoms. The van der Waals surface area contributed by atoms with E-state index in [-0.39, 0.29) is 11.2 Å². The number of nitro groups is 1. The highest BCUT2D eigenvalue weighted by atomic mass is 32.1. The van der Waals surface area contributed by atoms with E-state index in [2.05, 4.69) is 4.99 Å². The molecule has 0 saturated heterocycles. The van der Waals surface area contributed by atoms with Crippen LogP contribution in [0.15, 0.2) is 86.1 Å². The molecule has 0 amide bonds.